The Morgan fingerprint density at radius 1 is 1.00 bits per heavy atom. The van der Waals surface area contributed by atoms with Crippen LogP contribution in [0, 0.1) is 0 Å². The molecule has 31 heavy (non-hydrogen) atoms. The number of hydrogen-bond donors (Lipinski definition) is 3. The summed E-state index contributed by atoms with van der Waals surface area (Å²) in [6, 6.07) is 10.4. The molecule has 0 unspecified atom stereocenters. The van der Waals surface area contributed by atoms with E-state index < -0.39 is 5.56 Å². The molecule has 0 bridgehead atoms. The van der Waals surface area contributed by atoms with E-state index in [1.165, 1.54) is 13.2 Å². The molecule has 3 N–H and O–H groups in total. The summed E-state index contributed by atoms with van der Waals surface area (Å²) in [7, 11) is 3.01. The van der Waals surface area contributed by atoms with Crippen molar-refractivity contribution in [2.75, 3.05) is 45.4 Å². The maximum absolute atomic E-state index is 12.3. The predicted octanol–water partition coefficient (Wildman–Crippen LogP) is 3.34. The molecule has 3 aromatic rings. The molecule has 4 rings (SSSR count). The Labute approximate surface area is 178 Å². The monoisotopic (exact) mass is 425 g/mol. The molecular weight excluding hydrogens is 402 g/mol. The van der Waals surface area contributed by atoms with E-state index in [9.17, 15) is 9.90 Å². The van der Waals surface area contributed by atoms with Crippen LogP contribution in [0.5, 0.6) is 17.2 Å². The molecule has 1 aliphatic heterocycles. The maximum atomic E-state index is 12.3. The zero-order chi connectivity index (χ0) is 21.8. The topological polar surface area (TPSA) is 125 Å². The van der Waals surface area contributed by atoms with Crippen LogP contribution in [0.2, 0.25) is 0 Å². The number of hydrogen-bond acceptors (Lipinski definition) is 8. The van der Waals surface area contributed by atoms with E-state index in [1.54, 1.807) is 25.3 Å². The number of aromatic nitrogens is 2. The lowest BCUT2D eigenvalue weighted by Gasteiger charge is -2.29. The minimum absolute atomic E-state index is 0.00240. The molecule has 0 radical (unpaired) electrons. The Hall–Kier alpha value is -3.79. The number of azo groups is 1. The number of rotatable bonds is 6. The fourth-order valence-electron chi connectivity index (χ4n) is 3.36. The van der Waals surface area contributed by atoms with E-state index in [-0.39, 0.29) is 17.2 Å². The molecule has 1 saturated heterocycles. The van der Waals surface area contributed by atoms with Crippen molar-refractivity contribution >= 4 is 17.1 Å². The van der Waals surface area contributed by atoms with Gasteiger partial charge in [0.25, 0.3) is 5.56 Å². The second-order valence-electron chi connectivity index (χ2n) is 6.84. The molecule has 10 heteroatoms. The number of benzene rings is 2. The maximum Gasteiger partial charge on any atom is 0.292 e. The van der Waals surface area contributed by atoms with Gasteiger partial charge in [-0.2, -0.15) is 0 Å². The van der Waals surface area contributed by atoms with Crippen LogP contribution in [0.15, 0.2) is 51.4 Å². The van der Waals surface area contributed by atoms with Crippen LogP contribution in [0.4, 0.5) is 17.1 Å². The van der Waals surface area contributed by atoms with Gasteiger partial charge in [-0.25, -0.2) is 0 Å². The third kappa shape index (κ3) is 4.24. The molecule has 0 amide bonds. The van der Waals surface area contributed by atoms with Crippen molar-refractivity contribution in [2.24, 2.45) is 10.2 Å². The van der Waals surface area contributed by atoms with Crippen LogP contribution in [-0.2, 0) is 4.74 Å². The smallest absolute Gasteiger partial charge is 0.292 e. The summed E-state index contributed by atoms with van der Waals surface area (Å²) >= 11 is 0. The van der Waals surface area contributed by atoms with Crippen LogP contribution >= 0.6 is 0 Å². The first-order valence-corrected chi connectivity index (χ1v) is 9.71. The summed E-state index contributed by atoms with van der Waals surface area (Å²) < 4.78 is 16.0. The molecule has 0 atom stereocenters. The molecule has 0 aliphatic carbocycles. The highest BCUT2D eigenvalue weighted by atomic mass is 16.5. The molecule has 10 nitrogen and oxygen atoms in total. The molecule has 162 valence electrons. The van der Waals surface area contributed by atoms with Crippen LogP contribution in [-0.4, -0.2) is 55.8 Å². The largest absolute Gasteiger partial charge is 0.504 e. The number of nitrogens with zero attached hydrogens (tertiary/aromatic N) is 3. The molecule has 2 aromatic carbocycles. The Bertz CT molecular complexity index is 1150. The summed E-state index contributed by atoms with van der Waals surface area (Å²) in [6.45, 7) is 2.99. The van der Waals surface area contributed by atoms with Crippen LogP contribution in [0.3, 0.4) is 0 Å². The van der Waals surface area contributed by atoms with Crippen molar-refractivity contribution in [2.45, 2.75) is 0 Å². The van der Waals surface area contributed by atoms with Crippen molar-refractivity contribution in [3.05, 3.63) is 46.8 Å². The predicted molar refractivity (Wildman–Crippen MR) is 115 cm³/mol. The van der Waals surface area contributed by atoms with Crippen LogP contribution in [0.1, 0.15) is 0 Å². The molecule has 2 heterocycles. The number of anilines is 1. The number of phenols is 1. The van der Waals surface area contributed by atoms with Crippen molar-refractivity contribution in [3.8, 4) is 28.5 Å². The normalized spacial score (nSPS) is 14.2. The molecule has 0 spiro atoms. The highest BCUT2D eigenvalue weighted by molar-refractivity contribution is 5.73. The first-order chi connectivity index (χ1) is 15.1. The second kappa shape index (κ2) is 8.92. The number of ether oxygens (including phenoxy) is 3. The Kier molecular flexibility index (Phi) is 5.89. The number of morpholine rings is 1. The SMILES string of the molecule is COc1cc(-c2[nH][nH]c(=O)c2N=Nc2ccc(N3CCOCC3)cc2OC)ccc1O. The summed E-state index contributed by atoms with van der Waals surface area (Å²) in [5, 5.41) is 23.6. The number of aromatic hydroxyl groups is 1. The molecule has 1 aromatic heterocycles. The molecular formula is C21H23N5O5. The Morgan fingerprint density at radius 3 is 2.52 bits per heavy atom. The molecule has 1 aliphatic rings. The van der Waals surface area contributed by atoms with Gasteiger partial charge in [0.05, 0.1) is 33.1 Å². The lowest BCUT2D eigenvalue weighted by atomic mass is 10.1. The molecule has 1 fully saturated rings. The summed E-state index contributed by atoms with van der Waals surface area (Å²) in [4.78, 5) is 14.5. The molecule has 0 saturated carbocycles. The quantitative estimate of drug-likeness (QED) is 0.520. The van der Waals surface area contributed by atoms with Gasteiger partial charge in [0.2, 0.25) is 0 Å². The van der Waals surface area contributed by atoms with E-state index in [0.29, 0.717) is 35.9 Å². The van der Waals surface area contributed by atoms with Gasteiger partial charge in [-0.1, -0.05) is 0 Å². The van der Waals surface area contributed by atoms with Gasteiger partial charge >= 0.3 is 0 Å². The highest BCUT2D eigenvalue weighted by Gasteiger charge is 2.16. The fourth-order valence-corrected chi connectivity index (χ4v) is 3.36. The second-order valence-corrected chi connectivity index (χ2v) is 6.84. The number of H-pyrrole nitrogens is 2. The van der Waals surface area contributed by atoms with Gasteiger partial charge in [-0.3, -0.25) is 15.0 Å². The van der Waals surface area contributed by atoms with Gasteiger partial charge in [-0.15, -0.1) is 10.2 Å². The number of aromatic amines is 2. The number of methoxy groups -OCH3 is 2. The summed E-state index contributed by atoms with van der Waals surface area (Å²) in [6.07, 6.45) is 0. The minimum atomic E-state index is -0.422. The van der Waals surface area contributed by atoms with Gasteiger partial charge in [0, 0.05) is 30.4 Å². The van der Waals surface area contributed by atoms with Gasteiger partial charge < -0.3 is 24.2 Å². The zero-order valence-corrected chi connectivity index (χ0v) is 17.2. The van der Waals surface area contributed by atoms with E-state index >= 15 is 0 Å². The van der Waals surface area contributed by atoms with Crippen molar-refractivity contribution < 1.29 is 19.3 Å². The van der Waals surface area contributed by atoms with E-state index in [0.717, 1.165) is 18.8 Å². The van der Waals surface area contributed by atoms with Crippen molar-refractivity contribution in [1.29, 1.82) is 0 Å². The third-order valence-corrected chi connectivity index (χ3v) is 5.02. The first kappa shape index (κ1) is 20.5. The van der Waals surface area contributed by atoms with E-state index in [4.69, 9.17) is 14.2 Å². The number of phenolic OH excluding ortho intramolecular Hbond substituents is 1. The Morgan fingerprint density at radius 2 is 1.77 bits per heavy atom. The van der Waals surface area contributed by atoms with E-state index in [2.05, 4.69) is 25.3 Å². The van der Waals surface area contributed by atoms with Crippen molar-refractivity contribution in [1.82, 2.24) is 10.2 Å². The van der Waals surface area contributed by atoms with Gasteiger partial charge in [0.15, 0.2) is 17.2 Å². The third-order valence-electron chi connectivity index (χ3n) is 5.02. The van der Waals surface area contributed by atoms with Gasteiger partial charge in [0.1, 0.15) is 11.4 Å². The lowest BCUT2D eigenvalue weighted by molar-refractivity contribution is 0.122. The highest BCUT2D eigenvalue weighted by Crippen LogP contribution is 2.36. The van der Waals surface area contributed by atoms with Crippen LogP contribution in [0.25, 0.3) is 11.3 Å². The standard InChI is InChI=1S/C21H23N5O5/c1-29-17-12-14(26-7-9-31-10-8-26)4-5-15(17)22-24-20-19(23-25-21(20)28)13-3-6-16(27)18(11-13)30-2/h3-6,11-12,27H,7-10H2,1-2H3,(H2,23,25,28). The Balaban J connectivity index is 1.65. The zero-order valence-electron chi connectivity index (χ0n) is 17.2. The summed E-state index contributed by atoms with van der Waals surface area (Å²) in [5.41, 5.74) is 2.22. The van der Waals surface area contributed by atoms with Crippen LogP contribution < -0.4 is 19.9 Å². The first-order valence-electron chi connectivity index (χ1n) is 9.71. The summed E-state index contributed by atoms with van der Waals surface area (Å²) in [5.74, 6) is 0.827. The average Bonchev–Trinajstić information content (AvgIpc) is 3.18. The average molecular weight is 425 g/mol. The lowest BCUT2D eigenvalue weighted by Crippen LogP contribution is -2.36. The van der Waals surface area contributed by atoms with Crippen molar-refractivity contribution in [3.63, 3.8) is 0 Å². The minimum Gasteiger partial charge on any atom is -0.504 e. The number of nitrogens with one attached hydrogen (secondary N) is 2. The van der Waals surface area contributed by atoms with Gasteiger partial charge in [-0.05, 0) is 30.3 Å². The fraction of sp³-hybridized carbons (Fsp3) is 0.286. The van der Waals surface area contributed by atoms with E-state index in [1.807, 2.05) is 12.1 Å².